The number of benzene rings is 2. The van der Waals surface area contributed by atoms with Crippen LogP contribution in [0.2, 0.25) is 0 Å². The van der Waals surface area contributed by atoms with Crippen LogP contribution >= 0.6 is 0 Å². The quantitative estimate of drug-likeness (QED) is 0.395. The van der Waals surface area contributed by atoms with Crippen molar-refractivity contribution in [2.45, 2.75) is 19.4 Å². The lowest BCUT2D eigenvalue weighted by atomic mass is 10.1. The molecule has 11 heteroatoms. The summed E-state index contributed by atoms with van der Waals surface area (Å²) in [6, 6.07) is 9.47. The second kappa shape index (κ2) is 8.50. The van der Waals surface area contributed by atoms with Gasteiger partial charge in [0.15, 0.2) is 17.3 Å². The maximum atomic E-state index is 14.7. The number of hydrogen-bond acceptors (Lipinski definition) is 7. The Morgan fingerprint density at radius 2 is 1.91 bits per heavy atom. The zero-order chi connectivity index (χ0) is 23.8. The summed E-state index contributed by atoms with van der Waals surface area (Å²) in [7, 11) is 1.64. The maximum Gasteiger partial charge on any atom is 0.283 e. The Morgan fingerprint density at radius 3 is 2.68 bits per heavy atom. The molecule has 0 aliphatic rings. The summed E-state index contributed by atoms with van der Waals surface area (Å²) in [6.45, 7) is 1.92. The third kappa shape index (κ3) is 3.60. The van der Waals surface area contributed by atoms with Crippen LogP contribution in [0.5, 0.6) is 0 Å². The van der Waals surface area contributed by atoms with Crippen molar-refractivity contribution in [3.05, 3.63) is 82.9 Å². The molecule has 0 unspecified atom stereocenters. The number of fused-ring (bicyclic) bond motifs is 2. The molecule has 5 rings (SSSR count). The van der Waals surface area contributed by atoms with Gasteiger partial charge in [-0.05, 0) is 42.8 Å². The van der Waals surface area contributed by atoms with Crippen LogP contribution in [0.3, 0.4) is 0 Å². The molecule has 0 amide bonds. The fraction of sp³-hybridized carbons (Fsp3) is 0.174. The molecule has 0 bridgehead atoms. The molecular formula is C23H20F2N8O. The molecule has 172 valence electrons. The summed E-state index contributed by atoms with van der Waals surface area (Å²) in [5.74, 6) is -0.255. The lowest BCUT2D eigenvalue weighted by molar-refractivity contribution is 0.587. The van der Waals surface area contributed by atoms with E-state index in [1.165, 1.54) is 58.7 Å². The highest BCUT2D eigenvalue weighted by Crippen LogP contribution is 2.26. The Hall–Kier alpha value is -4.41. The molecule has 2 N–H and O–H groups in total. The van der Waals surface area contributed by atoms with Crippen molar-refractivity contribution in [2.24, 2.45) is 0 Å². The number of halogens is 2. The highest BCUT2D eigenvalue weighted by molar-refractivity contribution is 5.82. The van der Waals surface area contributed by atoms with Gasteiger partial charge >= 0.3 is 0 Å². The highest BCUT2D eigenvalue weighted by atomic mass is 19.1. The van der Waals surface area contributed by atoms with Crippen molar-refractivity contribution in [2.75, 3.05) is 17.4 Å². The SMILES string of the molecule is CC[C@H](Nc1ncnc2nc[nH]c12)c1nc2cccc(F)c2c(=O)n1N(C)c1ccc(F)cc1. The molecule has 0 fully saturated rings. The van der Waals surface area contributed by atoms with E-state index in [1.807, 2.05) is 6.92 Å². The van der Waals surface area contributed by atoms with Gasteiger partial charge in [0.05, 0.1) is 23.6 Å². The van der Waals surface area contributed by atoms with Gasteiger partial charge in [0, 0.05) is 7.05 Å². The van der Waals surface area contributed by atoms with E-state index in [9.17, 15) is 13.6 Å². The van der Waals surface area contributed by atoms with Crippen LogP contribution in [0.15, 0.2) is 59.9 Å². The molecule has 1 atom stereocenters. The van der Waals surface area contributed by atoms with Gasteiger partial charge in [-0.25, -0.2) is 33.4 Å². The molecule has 0 spiro atoms. The number of H-pyrrole nitrogens is 1. The van der Waals surface area contributed by atoms with Crippen molar-refractivity contribution in [3.8, 4) is 0 Å². The van der Waals surface area contributed by atoms with Crippen LogP contribution in [0, 0.1) is 11.6 Å². The van der Waals surface area contributed by atoms with Gasteiger partial charge in [-0.2, -0.15) is 0 Å². The van der Waals surface area contributed by atoms with Gasteiger partial charge in [0.25, 0.3) is 5.56 Å². The summed E-state index contributed by atoms with van der Waals surface area (Å²) >= 11 is 0. The first kappa shape index (κ1) is 21.4. The summed E-state index contributed by atoms with van der Waals surface area (Å²) < 4.78 is 29.5. The predicted octanol–water partition coefficient (Wildman–Crippen LogP) is 3.80. The van der Waals surface area contributed by atoms with Crippen LogP contribution in [0.1, 0.15) is 25.2 Å². The number of imidazole rings is 1. The fourth-order valence-corrected chi connectivity index (χ4v) is 3.87. The molecule has 5 aromatic rings. The predicted molar refractivity (Wildman–Crippen MR) is 125 cm³/mol. The largest absolute Gasteiger partial charge is 0.358 e. The molecule has 0 saturated carbocycles. The van der Waals surface area contributed by atoms with Crippen LogP contribution < -0.4 is 15.9 Å². The van der Waals surface area contributed by atoms with Crippen LogP contribution in [0.25, 0.3) is 22.1 Å². The van der Waals surface area contributed by atoms with E-state index in [2.05, 4.69) is 30.2 Å². The number of nitrogens with zero attached hydrogens (tertiary/aromatic N) is 6. The highest BCUT2D eigenvalue weighted by Gasteiger charge is 2.24. The van der Waals surface area contributed by atoms with Crippen molar-refractivity contribution in [1.29, 1.82) is 0 Å². The molecule has 34 heavy (non-hydrogen) atoms. The van der Waals surface area contributed by atoms with Crippen molar-refractivity contribution in [1.82, 2.24) is 29.6 Å². The van der Waals surface area contributed by atoms with E-state index in [0.717, 1.165) is 0 Å². The molecule has 9 nitrogen and oxygen atoms in total. The number of anilines is 2. The van der Waals surface area contributed by atoms with Crippen LogP contribution in [0.4, 0.5) is 20.3 Å². The number of aromatic nitrogens is 6. The van der Waals surface area contributed by atoms with Crippen LogP contribution in [-0.2, 0) is 0 Å². The van der Waals surface area contributed by atoms with E-state index in [-0.39, 0.29) is 10.9 Å². The molecule has 3 heterocycles. The zero-order valence-electron chi connectivity index (χ0n) is 18.3. The maximum absolute atomic E-state index is 14.7. The first-order valence-electron chi connectivity index (χ1n) is 10.6. The first-order chi connectivity index (χ1) is 16.5. The van der Waals surface area contributed by atoms with Crippen molar-refractivity contribution in [3.63, 3.8) is 0 Å². The standard InChI is InChI=1S/C23H20F2N8O/c1-3-16(30-21-19-20(27-11-26-19)28-12-29-21)22-31-17-6-4-5-15(25)18(17)23(34)33(22)32(2)14-9-7-13(24)8-10-14/h4-12,16H,3H2,1-2H3,(H2,26,27,28,29,30)/t16-/m0/s1. The molecular weight excluding hydrogens is 442 g/mol. The summed E-state index contributed by atoms with van der Waals surface area (Å²) in [5, 5.41) is 4.70. The van der Waals surface area contributed by atoms with Gasteiger partial charge in [0.2, 0.25) is 0 Å². The first-order valence-corrected chi connectivity index (χ1v) is 10.6. The van der Waals surface area contributed by atoms with Gasteiger partial charge in [0.1, 0.15) is 28.9 Å². The normalized spacial score (nSPS) is 12.2. The molecule has 0 saturated heterocycles. The van der Waals surface area contributed by atoms with Crippen molar-refractivity contribution < 1.29 is 8.78 Å². The molecule has 0 aliphatic heterocycles. The van der Waals surface area contributed by atoms with Crippen LogP contribution in [-0.4, -0.2) is 36.6 Å². The van der Waals surface area contributed by atoms with Gasteiger partial charge in [-0.1, -0.05) is 13.0 Å². The minimum atomic E-state index is -0.668. The smallest absolute Gasteiger partial charge is 0.283 e. The van der Waals surface area contributed by atoms with Crippen molar-refractivity contribution >= 4 is 33.6 Å². The molecule has 3 aromatic heterocycles. The minimum Gasteiger partial charge on any atom is -0.358 e. The fourth-order valence-electron chi connectivity index (χ4n) is 3.87. The average Bonchev–Trinajstić information content (AvgIpc) is 3.32. The van der Waals surface area contributed by atoms with E-state index in [1.54, 1.807) is 13.1 Å². The topological polar surface area (TPSA) is 105 Å². The zero-order valence-corrected chi connectivity index (χ0v) is 18.3. The third-order valence-corrected chi connectivity index (χ3v) is 5.60. The summed E-state index contributed by atoms with van der Waals surface area (Å²) in [4.78, 5) is 33.8. The number of nitrogens with one attached hydrogen (secondary N) is 2. The lowest BCUT2D eigenvalue weighted by Gasteiger charge is -2.28. The second-order valence-corrected chi connectivity index (χ2v) is 7.65. The van der Waals surface area contributed by atoms with Gasteiger partial charge in [-0.3, -0.25) is 9.80 Å². The number of rotatable bonds is 6. The van der Waals surface area contributed by atoms with E-state index in [0.29, 0.717) is 34.9 Å². The molecule has 2 aromatic carbocycles. The van der Waals surface area contributed by atoms with E-state index >= 15 is 0 Å². The monoisotopic (exact) mass is 462 g/mol. The van der Waals surface area contributed by atoms with Gasteiger partial charge in [-0.15, -0.1) is 0 Å². The molecule has 0 radical (unpaired) electrons. The lowest BCUT2D eigenvalue weighted by Crippen LogP contribution is -2.40. The van der Waals surface area contributed by atoms with E-state index in [4.69, 9.17) is 0 Å². The Balaban J connectivity index is 1.71. The molecule has 0 aliphatic carbocycles. The third-order valence-electron chi connectivity index (χ3n) is 5.60. The summed E-state index contributed by atoms with van der Waals surface area (Å²) in [6.07, 6.45) is 3.42. The summed E-state index contributed by atoms with van der Waals surface area (Å²) in [5.41, 5.74) is 1.27. The minimum absolute atomic E-state index is 0.131. The second-order valence-electron chi connectivity index (χ2n) is 7.65. The number of hydrogen-bond donors (Lipinski definition) is 2. The van der Waals surface area contributed by atoms with E-state index < -0.39 is 23.2 Å². The number of aromatic amines is 1. The Labute approximate surface area is 192 Å². The Bertz CT molecular complexity index is 1550. The Kier molecular flexibility index (Phi) is 5.36. The average molecular weight is 462 g/mol. The van der Waals surface area contributed by atoms with Gasteiger partial charge < -0.3 is 10.3 Å². The Morgan fingerprint density at radius 1 is 1.12 bits per heavy atom.